The van der Waals surface area contributed by atoms with E-state index in [1.54, 1.807) is 0 Å². The van der Waals surface area contributed by atoms with Gasteiger partial charge in [0.05, 0.1) is 0 Å². The fourth-order valence-corrected chi connectivity index (χ4v) is 1.66. The number of rotatable bonds is 12. The molecule has 0 atom stereocenters. The van der Waals surface area contributed by atoms with E-state index in [1.807, 2.05) is 0 Å². The number of carbonyl (C=O) groups is 1. The summed E-state index contributed by atoms with van der Waals surface area (Å²) >= 11 is 0. The third-order valence-electron chi connectivity index (χ3n) is 2.80. The molecule has 17 heavy (non-hydrogen) atoms. The van der Waals surface area contributed by atoms with Crippen molar-refractivity contribution >= 4 is 5.97 Å². The van der Waals surface area contributed by atoms with Crippen molar-refractivity contribution in [1.82, 2.24) is 5.48 Å². The van der Waals surface area contributed by atoms with Crippen LogP contribution in [0.3, 0.4) is 0 Å². The van der Waals surface area contributed by atoms with Gasteiger partial charge in [-0.15, -0.1) is 0 Å². The lowest BCUT2D eigenvalue weighted by atomic mass is 10.1. The number of hydrogen-bond donors (Lipinski definition) is 1. The van der Waals surface area contributed by atoms with Crippen molar-refractivity contribution < 1.29 is 9.63 Å². The summed E-state index contributed by atoms with van der Waals surface area (Å²) in [4.78, 5) is 16.0. The number of hydroxylamine groups is 1. The monoisotopic (exact) mass is 243 g/mol. The molecule has 0 saturated carbocycles. The van der Waals surface area contributed by atoms with Gasteiger partial charge < -0.3 is 4.84 Å². The zero-order chi connectivity index (χ0) is 12.8. The first-order chi connectivity index (χ1) is 8.31. The van der Waals surface area contributed by atoms with Gasteiger partial charge in [0.15, 0.2) is 0 Å². The number of unbranched alkanes of at least 4 members (excludes halogenated alkanes) is 7. The fourth-order valence-electron chi connectivity index (χ4n) is 1.66. The van der Waals surface area contributed by atoms with Gasteiger partial charge in [0.25, 0.3) is 0 Å². The lowest BCUT2D eigenvalue weighted by Gasteiger charge is -2.05. The molecule has 0 amide bonds. The van der Waals surface area contributed by atoms with Gasteiger partial charge in [0.1, 0.15) is 0 Å². The zero-order valence-electron chi connectivity index (χ0n) is 11.6. The van der Waals surface area contributed by atoms with Gasteiger partial charge in [0.2, 0.25) is 0 Å². The van der Waals surface area contributed by atoms with E-state index in [4.69, 9.17) is 4.84 Å². The molecule has 0 aliphatic carbocycles. The van der Waals surface area contributed by atoms with Gasteiger partial charge in [-0.25, -0.2) is 0 Å². The molecular formula is C14H29NO2. The molecule has 0 aliphatic heterocycles. The van der Waals surface area contributed by atoms with Crippen LogP contribution in [0.5, 0.6) is 0 Å². The third kappa shape index (κ3) is 13.4. The van der Waals surface area contributed by atoms with Crippen molar-refractivity contribution in [1.29, 1.82) is 0 Å². The Kier molecular flexibility index (Phi) is 13.0. The first-order valence-electron chi connectivity index (χ1n) is 7.23. The van der Waals surface area contributed by atoms with E-state index in [-0.39, 0.29) is 5.97 Å². The van der Waals surface area contributed by atoms with Crippen molar-refractivity contribution in [3.63, 3.8) is 0 Å². The van der Waals surface area contributed by atoms with Crippen molar-refractivity contribution in [2.24, 2.45) is 0 Å². The molecule has 1 N–H and O–H groups in total. The largest absolute Gasteiger partial charge is 0.371 e. The minimum Gasteiger partial charge on any atom is -0.371 e. The summed E-state index contributed by atoms with van der Waals surface area (Å²) in [6, 6.07) is 0. The standard InChI is InChI=1S/C14H29NO2/c1-3-5-7-8-9-10-11-13-15-17-14(16)12-6-4-2/h15H,3-13H2,1-2H3. The summed E-state index contributed by atoms with van der Waals surface area (Å²) in [6.07, 6.45) is 11.4. The van der Waals surface area contributed by atoms with Gasteiger partial charge in [-0.2, -0.15) is 5.48 Å². The van der Waals surface area contributed by atoms with Crippen molar-refractivity contribution in [2.75, 3.05) is 6.54 Å². The van der Waals surface area contributed by atoms with Crippen LogP contribution in [-0.2, 0) is 9.63 Å². The molecule has 0 unspecified atom stereocenters. The lowest BCUT2D eigenvalue weighted by molar-refractivity contribution is -0.151. The Morgan fingerprint density at radius 2 is 1.47 bits per heavy atom. The molecule has 0 rings (SSSR count). The quantitative estimate of drug-likeness (QED) is 0.416. The number of carbonyl (C=O) groups excluding carboxylic acids is 1. The van der Waals surface area contributed by atoms with Crippen molar-refractivity contribution in [3.8, 4) is 0 Å². The second-order valence-electron chi connectivity index (χ2n) is 4.59. The van der Waals surface area contributed by atoms with Crippen LogP contribution in [0.15, 0.2) is 0 Å². The summed E-state index contributed by atoms with van der Waals surface area (Å²) in [5, 5.41) is 0. The van der Waals surface area contributed by atoms with Gasteiger partial charge in [-0.1, -0.05) is 58.8 Å². The average molecular weight is 243 g/mol. The van der Waals surface area contributed by atoms with E-state index >= 15 is 0 Å². The van der Waals surface area contributed by atoms with Crippen LogP contribution in [0.4, 0.5) is 0 Å². The summed E-state index contributed by atoms with van der Waals surface area (Å²) in [7, 11) is 0. The van der Waals surface area contributed by atoms with Gasteiger partial charge >= 0.3 is 5.97 Å². The molecule has 0 bridgehead atoms. The second-order valence-corrected chi connectivity index (χ2v) is 4.59. The number of hydrogen-bond acceptors (Lipinski definition) is 3. The molecule has 3 heteroatoms. The van der Waals surface area contributed by atoms with Crippen molar-refractivity contribution in [3.05, 3.63) is 0 Å². The molecule has 0 radical (unpaired) electrons. The van der Waals surface area contributed by atoms with Gasteiger partial charge in [-0.3, -0.25) is 4.79 Å². The maximum atomic E-state index is 11.1. The molecule has 0 heterocycles. The highest BCUT2D eigenvalue weighted by atomic mass is 16.7. The Labute approximate surface area is 106 Å². The van der Waals surface area contributed by atoms with Crippen LogP contribution >= 0.6 is 0 Å². The van der Waals surface area contributed by atoms with Crippen LogP contribution in [0.2, 0.25) is 0 Å². The molecular weight excluding hydrogens is 214 g/mol. The van der Waals surface area contributed by atoms with Crippen LogP contribution < -0.4 is 5.48 Å². The molecule has 3 nitrogen and oxygen atoms in total. The van der Waals surface area contributed by atoms with E-state index in [2.05, 4.69) is 19.3 Å². The average Bonchev–Trinajstić information content (AvgIpc) is 2.34. The fraction of sp³-hybridized carbons (Fsp3) is 0.929. The van der Waals surface area contributed by atoms with E-state index in [9.17, 15) is 4.79 Å². The first-order valence-corrected chi connectivity index (χ1v) is 7.23. The Balaban J connectivity index is 3.05. The molecule has 0 aromatic rings. The molecule has 102 valence electrons. The minimum atomic E-state index is -0.130. The molecule has 0 aromatic carbocycles. The smallest absolute Gasteiger partial charge is 0.324 e. The topological polar surface area (TPSA) is 38.3 Å². The minimum absolute atomic E-state index is 0.130. The molecule has 0 aromatic heterocycles. The molecule has 0 spiro atoms. The van der Waals surface area contributed by atoms with Crippen LogP contribution in [0.25, 0.3) is 0 Å². The summed E-state index contributed by atoms with van der Waals surface area (Å²) < 4.78 is 0. The highest BCUT2D eigenvalue weighted by Gasteiger charge is 2.00. The van der Waals surface area contributed by atoms with E-state index in [0.29, 0.717) is 6.42 Å². The van der Waals surface area contributed by atoms with E-state index < -0.39 is 0 Å². The normalized spacial score (nSPS) is 10.5. The SMILES string of the molecule is CCCCCCCCCNOC(=O)CCCC. The number of nitrogens with one attached hydrogen (secondary N) is 1. The lowest BCUT2D eigenvalue weighted by Crippen LogP contribution is -2.20. The zero-order valence-corrected chi connectivity index (χ0v) is 11.6. The summed E-state index contributed by atoms with van der Waals surface area (Å²) in [5.74, 6) is -0.130. The highest BCUT2D eigenvalue weighted by Crippen LogP contribution is 2.06. The Hall–Kier alpha value is -0.570. The van der Waals surface area contributed by atoms with Crippen LogP contribution in [-0.4, -0.2) is 12.5 Å². The third-order valence-corrected chi connectivity index (χ3v) is 2.80. The molecule has 0 fully saturated rings. The summed E-state index contributed by atoms with van der Waals surface area (Å²) in [5.41, 5.74) is 2.75. The highest BCUT2D eigenvalue weighted by molar-refractivity contribution is 5.68. The van der Waals surface area contributed by atoms with Crippen LogP contribution in [0, 0.1) is 0 Å². The summed E-state index contributed by atoms with van der Waals surface area (Å²) in [6.45, 7) is 5.09. The maximum Gasteiger partial charge on any atom is 0.324 e. The van der Waals surface area contributed by atoms with Gasteiger partial charge in [0, 0.05) is 13.0 Å². The molecule has 0 aliphatic rings. The Bertz CT molecular complexity index is 172. The Morgan fingerprint density at radius 3 is 2.12 bits per heavy atom. The van der Waals surface area contributed by atoms with Crippen LogP contribution in [0.1, 0.15) is 78.1 Å². The van der Waals surface area contributed by atoms with Gasteiger partial charge in [-0.05, 0) is 12.8 Å². The predicted octanol–water partition coefficient (Wildman–Crippen LogP) is 3.98. The van der Waals surface area contributed by atoms with Crippen molar-refractivity contribution in [2.45, 2.75) is 78.1 Å². The first kappa shape index (κ1) is 16.4. The second kappa shape index (κ2) is 13.5. The molecule has 0 saturated heterocycles. The van der Waals surface area contributed by atoms with E-state index in [1.165, 1.54) is 38.5 Å². The Morgan fingerprint density at radius 1 is 0.882 bits per heavy atom. The van der Waals surface area contributed by atoms with E-state index in [0.717, 1.165) is 25.8 Å². The predicted molar refractivity (Wildman–Crippen MR) is 71.6 cm³/mol. The maximum absolute atomic E-state index is 11.1.